The highest BCUT2D eigenvalue weighted by Gasteiger charge is 2.32. The van der Waals surface area contributed by atoms with Crippen molar-refractivity contribution in [1.82, 2.24) is 4.72 Å². The molecule has 0 fully saturated rings. The number of sulfonamides is 1. The Bertz CT molecular complexity index is 1040. The van der Waals surface area contributed by atoms with E-state index in [1.807, 2.05) is 18.2 Å². The molecule has 2 aromatic carbocycles. The van der Waals surface area contributed by atoms with Crippen LogP contribution in [0.2, 0.25) is 5.02 Å². The van der Waals surface area contributed by atoms with Crippen LogP contribution in [0.4, 0.5) is 5.69 Å². The summed E-state index contributed by atoms with van der Waals surface area (Å²) < 4.78 is 32.1. The van der Waals surface area contributed by atoms with Crippen molar-refractivity contribution in [2.45, 2.75) is 30.4 Å². The van der Waals surface area contributed by atoms with Crippen LogP contribution in [0.15, 0.2) is 53.4 Å². The number of hydrogen-bond donors (Lipinski definition) is 2. The Kier molecular flexibility index (Phi) is 6.77. The maximum absolute atomic E-state index is 12.5. The van der Waals surface area contributed by atoms with Crippen molar-refractivity contribution in [2.75, 3.05) is 18.1 Å². The topological polar surface area (TPSA) is 113 Å². The minimum atomic E-state index is -4.13. The molecule has 0 aromatic heterocycles. The second-order valence-corrected chi connectivity index (χ2v) is 8.98. The number of amides is 1. The summed E-state index contributed by atoms with van der Waals surface area (Å²) in [6.07, 6.45) is -0.685. The fraction of sp³-hybridized carbons (Fsp3) is 0.300. The van der Waals surface area contributed by atoms with Crippen molar-refractivity contribution in [2.24, 2.45) is 0 Å². The monoisotopic (exact) mass is 452 g/mol. The molecule has 8 nitrogen and oxygen atoms in total. The van der Waals surface area contributed by atoms with Gasteiger partial charge in [-0.25, -0.2) is 8.42 Å². The van der Waals surface area contributed by atoms with Crippen molar-refractivity contribution in [3.63, 3.8) is 0 Å². The predicted molar refractivity (Wildman–Crippen MR) is 111 cm³/mol. The third-order valence-electron chi connectivity index (χ3n) is 4.67. The first-order valence-corrected chi connectivity index (χ1v) is 11.1. The third kappa shape index (κ3) is 4.99. The Morgan fingerprint density at radius 3 is 2.53 bits per heavy atom. The number of carbonyl (C=O) groups is 2. The highest BCUT2D eigenvalue weighted by Crippen LogP contribution is 2.27. The van der Waals surface area contributed by atoms with Gasteiger partial charge in [-0.05, 0) is 49.2 Å². The molecule has 30 heavy (non-hydrogen) atoms. The lowest BCUT2D eigenvalue weighted by molar-refractivity contribution is -0.151. The first-order chi connectivity index (χ1) is 14.2. The van der Waals surface area contributed by atoms with Crippen LogP contribution in [0, 0.1) is 0 Å². The van der Waals surface area contributed by atoms with E-state index >= 15 is 0 Å². The van der Waals surface area contributed by atoms with E-state index in [1.165, 1.54) is 36.1 Å². The Balaban J connectivity index is 1.65. The molecule has 3 rings (SSSR count). The lowest BCUT2D eigenvalue weighted by Crippen LogP contribution is -2.49. The Morgan fingerprint density at radius 2 is 1.87 bits per heavy atom. The van der Waals surface area contributed by atoms with Crippen molar-refractivity contribution in [1.29, 1.82) is 0 Å². The van der Waals surface area contributed by atoms with Gasteiger partial charge in [0.1, 0.15) is 6.04 Å². The van der Waals surface area contributed by atoms with Crippen LogP contribution in [0.25, 0.3) is 0 Å². The minimum Gasteiger partial charge on any atom is -0.454 e. The molecule has 1 aliphatic rings. The second kappa shape index (κ2) is 9.13. The first kappa shape index (κ1) is 22.2. The molecule has 2 N–H and O–H groups in total. The molecule has 0 bridgehead atoms. The van der Waals surface area contributed by atoms with E-state index in [4.69, 9.17) is 16.3 Å². The lowest BCUT2D eigenvalue weighted by Gasteiger charge is -2.21. The maximum atomic E-state index is 12.5. The summed E-state index contributed by atoms with van der Waals surface area (Å²) in [7, 11) is -4.13. The normalized spacial score (nSPS) is 15.4. The minimum absolute atomic E-state index is 0.130. The largest absolute Gasteiger partial charge is 0.454 e. The summed E-state index contributed by atoms with van der Waals surface area (Å²) in [5.41, 5.74) is 1.78. The summed E-state index contributed by atoms with van der Waals surface area (Å²) in [4.78, 5) is 26.3. The summed E-state index contributed by atoms with van der Waals surface area (Å²) in [6, 6.07) is 11.1. The van der Waals surface area contributed by atoms with Gasteiger partial charge in [0.2, 0.25) is 10.0 Å². The fourth-order valence-electron chi connectivity index (χ4n) is 3.09. The molecule has 0 saturated carbocycles. The molecule has 2 unspecified atom stereocenters. The summed E-state index contributed by atoms with van der Waals surface area (Å²) >= 11 is 5.76. The average molecular weight is 453 g/mol. The second-order valence-electron chi connectivity index (χ2n) is 6.83. The molecule has 10 heteroatoms. The molecule has 160 valence electrons. The zero-order chi connectivity index (χ0) is 21.9. The summed E-state index contributed by atoms with van der Waals surface area (Å²) in [6.45, 7) is 1.15. The number of ether oxygens (including phenoxy) is 1. The number of fused-ring (bicyclic) bond motifs is 1. The Hall–Kier alpha value is -2.46. The SMILES string of the molecule is CC(O)C(NS(=O)(=O)c1ccc(Cl)cc1)C(=O)OCC(=O)N1CCc2ccccc21. The van der Waals surface area contributed by atoms with Crippen LogP contribution >= 0.6 is 11.6 Å². The fourth-order valence-corrected chi connectivity index (χ4v) is 4.47. The highest BCUT2D eigenvalue weighted by atomic mass is 35.5. The Morgan fingerprint density at radius 1 is 1.20 bits per heavy atom. The van der Waals surface area contributed by atoms with E-state index in [-0.39, 0.29) is 4.90 Å². The van der Waals surface area contributed by atoms with Crippen LogP contribution < -0.4 is 9.62 Å². The first-order valence-electron chi connectivity index (χ1n) is 9.20. The van der Waals surface area contributed by atoms with E-state index in [1.54, 1.807) is 6.07 Å². The van der Waals surface area contributed by atoms with Gasteiger partial charge >= 0.3 is 5.97 Å². The molecular formula is C20H21ClN2O6S. The number of aliphatic hydroxyl groups excluding tert-OH is 1. The number of rotatable bonds is 7. The molecule has 1 amide bonds. The van der Waals surface area contributed by atoms with Gasteiger partial charge in [-0.15, -0.1) is 0 Å². The van der Waals surface area contributed by atoms with Gasteiger partial charge in [0.15, 0.2) is 6.61 Å². The van der Waals surface area contributed by atoms with Crippen LogP contribution in [-0.4, -0.2) is 50.7 Å². The quantitative estimate of drug-likeness (QED) is 0.615. The predicted octanol–water partition coefficient (Wildman–Crippen LogP) is 1.50. The van der Waals surface area contributed by atoms with Crippen LogP contribution in [0.5, 0.6) is 0 Å². The molecule has 2 atom stereocenters. The number of aliphatic hydroxyl groups is 1. The zero-order valence-corrected chi connectivity index (χ0v) is 17.7. The van der Waals surface area contributed by atoms with Crippen molar-refractivity contribution < 1.29 is 27.9 Å². The van der Waals surface area contributed by atoms with Gasteiger partial charge in [-0.2, -0.15) is 4.72 Å². The number of para-hydroxylation sites is 1. The van der Waals surface area contributed by atoms with Crippen molar-refractivity contribution in [3.05, 3.63) is 59.1 Å². The van der Waals surface area contributed by atoms with Gasteiger partial charge in [0.25, 0.3) is 5.91 Å². The maximum Gasteiger partial charge on any atom is 0.327 e. The van der Waals surface area contributed by atoms with E-state index in [0.29, 0.717) is 18.0 Å². The van der Waals surface area contributed by atoms with Gasteiger partial charge in [-0.3, -0.25) is 9.59 Å². The smallest absolute Gasteiger partial charge is 0.327 e. The van der Waals surface area contributed by atoms with Crippen LogP contribution in [-0.2, 0) is 30.8 Å². The number of benzene rings is 2. The molecule has 0 aliphatic carbocycles. The number of nitrogens with one attached hydrogen (secondary N) is 1. The van der Waals surface area contributed by atoms with Crippen molar-refractivity contribution in [3.8, 4) is 0 Å². The molecule has 0 spiro atoms. The highest BCUT2D eigenvalue weighted by molar-refractivity contribution is 7.89. The van der Waals surface area contributed by atoms with E-state index in [9.17, 15) is 23.1 Å². The number of hydrogen-bond acceptors (Lipinski definition) is 6. The van der Waals surface area contributed by atoms with Gasteiger partial charge in [0, 0.05) is 17.3 Å². The number of halogens is 1. The van der Waals surface area contributed by atoms with Gasteiger partial charge < -0.3 is 14.7 Å². The molecule has 2 aromatic rings. The summed E-state index contributed by atoms with van der Waals surface area (Å²) in [5.74, 6) is -1.48. The molecule has 1 heterocycles. The number of nitrogens with zero attached hydrogens (tertiary/aromatic N) is 1. The average Bonchev–Trinajstić information content (AvgIpc) is 3.14. The number of anilines is 1. The van der Waals surface area contributed by atoms with E-state index < -0.39 is 40.7 Å². The van der Waals surface area contributed by atoms with Gasteiger partial charge in [0.05, 0.1) is 11.0 Å². The zero-order valence-electron chi connectivity index (χ0n) is 16.1. The van der Waals surface area contributed by atoms with Crippen molar-refractivity contribution >= 4 is 39.2 Å². The van der Waals surface area contributed by atoms with Crippen LogP contribution in [0.3, 0.4) is 0 Å². The van der Waals surface area contributed by atoms with E-state index in [0.717, 1.165) is 11.3 Å². The number of esters is 1. The molecule has 0 radical (unpaired) electrons. The third-order valence-corrected chi connectivity index (χ3v) is 6.38. The molecule has 0 saturated heterocycles. The van der Waals surface area contributed by atoms with E-state index in [2.05, 4.69) is 4.72 Å². The molecular weight excluding hydrogens is 432 g/mol. The molecule has 1 aliphatic heterocycles. The Labute approximate surface area is 179 Å². The summed E-state index contributed by atoms with van der Waals surface area (Å²) in [5, 5.41) is 10.2. The van der Waals surface area contributed by atoms with Gasteiger partial charge in [-0.1, -0.05) is 29.8 Å². The number of carbonyl (C=O) groups excluding carboxylic acids is 2. The standard InChI is InChI=1S/C20H21ClN2O6S/c1-13(24)19(22-30(27,28)16-8-6-15(21)7-9-16)20(26)29-12-18(25)23-11-10-14-4-2-3-5-17(14)23/h2-9,13,19,22,24H,10-12H2,1H3. The van der Waals surface area contributed by atoms with Crippen LogP contribution in [0.1, 0.15) is 12.5 Å². The lowest BCUT2D eigenvalue weighted by atomic mass is 10.2.